The van der Waals surface area contributed by atoms with Crippen LogP contribution < -0.4 is 0 Å². The average Bonchev–Trinajstić information content (AvgIpc) is 3.29. The summed E-state index contributed by atoms with van der Waals surface area (Å²) in [5, 5.41) is 18.0. The van der Waals surface area contributed by atoms with Crippen LogP contribution in [0, 0.1) is 11.3 Å². The first-order valence-corrected chi connectivity index (χ1v) is 6.23. The highest BCUT2D eigenvalue weighted by atomic mass is 16.4. The Morgan fingerprint density at radius 1 is 1.30 bits per heavy atom. The highest BCUT2D eigenvalue weighted by molar-refractivity contribution is 5.85. The van der Waals surface area contributed by atoms with Gasteiger partial charge < -0.3 is 5.11 Å². The molecular formula is C15H11N3O2. The van der Waals surface area contributed by atoms with E-state index < -0.39 is 11.4 Å². The van der Waals surface area contributed by atoms with Crippen LogP contribution in [0.5, 0.6) is 0 Å². The Kier molecular flexibility index (Phi) is 2.72. The number of hydrogen-bond donors (Lipinski definition) is 1. The molecule has 0 spiro atoms. The Hall–Kier alpha value is -2.74. The number of nitriles is 1. The van der Waals surface area contributed by atoms with E-state index in [1.54, 1.807) is 6.07 Å². The molecule has 1 fully saturated rings. The van der Waals surface area contributed by atoms with Gasteiger partial charge in [-0.2, -0.15) is 5.26 Å². The van der Waals surface area contributed by atoms with E-state index >= 15 is 0 Å². The summed E-state index contributed by atoms with van der Waals surface area (Å²) < 4.78 is 0. The summed E-state index contributed by atoms with van der Waals surface area (Å²) in [7, 11) is 0. The highest BCUT2D eigenvalue weighted by Crippen LogP contribution is 2.46. The fraction of sp³-hybridized carbons (Fsp3) is 0.200. The summed E-state index contributed by atoms with van der Waals surface area (Å²) in [5.74, 6) is -1.06. The molecule has 2 aromatic rings. The average molecular weight is 265 g/mol. The van der Waals surface area contributed by atoms with Crippen molar-refractivity contribution in [3.63, 3.8) is 0 Å². The van der Waals surface area contributed by atoms with E-state index in [0.717, 1.165) is 24.1 Å². The van der Waals surface area contributed by atoms with Crippen molar-refractivity contribution in [2.24, 2.45) is 0 Å². The lowest BCUT2D eigenvalue weighted by Crippen LogP contribution is -2.06. The Labute approximate surface area is 115 Å². The monoisotopic (exact) mass is 265 g/mol. The summed E-state index contributed by atoms with van der Waals surface area (Å²) >= 11 is 0. The summed E-state index contributed by atoms with van der Waals surface area (Å²) in [6.45, 7) is 0. The molecular weight excluding hydrogens is 254 g/mol. The maximum absolute atomic E-state index is 10.8. The van der Waals surface area contributed by atoms with Gasteiger partial charge in [-0.1, -0.05) is 6.07 Å². The number of hydrogen-bond acceptors (Lipinski definition) is 4. The molecule has 0 atom stereocenters. The first kappa shape index (κ1) is 12.3. The topological polar surface area (TPSA) is 86.9 Å². The molecule has 98 valence electrons. The van der Waals surface area contributed by atoms with Crippen molar-refractivity contribution in [1.29, 1.82) is 5.26 Å². The van der Waals surface area contributed by atoms with Crippen molar-refractivity contribution in [2.45, 2.75) is 18.3 Å². The fourth-order valence-electron chi connectivity index (χ4n) is 2.08. The van der Waals surface area contributed by atoms with Gasteiger partial charge in [-0.05, 0) is 37.1 Å². The second-order valence-corrected chi connectivity index (χ2v) is 4.84. The zero-order chi connectivity index (χ0) is 14.2. The number of carbonyl (C=O) groups is 1. The zero-order valence-electron chi connectivity index (χ0n) is 10.6. The van der Waals surface area contributed by atoms with Gasteiger partial charge >= 0.3 is 5.97 Å². The third-order valence-electron chi connectivity index (χ3n) is 3.48. The van der Waals surface area contributed by atoms with Crippen LogP contribution in [0.2, 0.25) is 0 Å². The minimum Gasteiger partial charge on any atom is -0.477 e. The SMILES string of the molecule is N#CC1(c2cccc(-c3ccc(C(=O)O)nc3)n2)CC1. The number of carboxylic acids is 1. The molecule has 0 saturated heterocycles. The van der Waals surface area contributed by atoms with Crippen LogP contribution in [-0.4, -0.2) is 21.0 Å². The summed E-state index contributed by atoms with van der Waals surface area (Å²) in [5.41, 5.74) is 1.80. The van der Waals surface area contributed by atoms with Crippen LogP contribution in [0.4, 0.5) is 0 Å². The van der Waals surface area contributed by atoms with Crippen molar-refractivity contribution < 1.29 is 9.90 Å². The second-order valence-electron chi connectivity index (χ2n) is 4.84. The van der Waals surface area contributed by atoms with E-state index in [1.807, 2.05) is 18.2 Å². The lowest BCUT2D eigenvalue weighted by atomic mass is 10.0. The molecule has 0 aliphatic heterocycles. The molecule has 1 aliphatic carbocycles. The van der Waals surface area contributed by atoms with Gasteiger partial charge in [0.1, 0.15) is 5.69 Å². The first-order chi connectivity index (χ1) is 9.64. The maximum Gasteiger partial charge on any atom is 0.354 e. The third kappa shape index (κ3) is 2.01. The van der Waals surface area contributed by atoms with Gasteiger partial charge in [0, 0.05) is 11.8 Å². The van der Waals surface area contributed by atoms with E-state index in [4.69, 9.17) is 5.11 Å². The van der Waals surface area contributed by atoms with Gasteiger partial charge in [-0.3, -0.25) is 4.98 Å². The Balaban J connectivity index is 1.97. The van der Waals surface area contributed by atoms with E-state index in [1.165, 1.54) is 12.3 Å². The molecule has 5 nitrogen and oxygen atoms in total. The number of nitrogens with zero attached hydrogens (tertiary/aromatic N) is 3. The molecule has 2 heterocycles. The number of pyridine rings is 2. The van der Waals surface area contributed by atoms with Crippen molar-refractivity contribution >= 4 is 5.97 Å². The van der Waals surface area contributed by atoms with Crippen molar-refractivity contribution in [2.75, 3.05) is 0 Å². The van der Waals surface area contributed by atoms with Crippen molar-refractivity contribution in [1.82, 2.24) is 9.97 Å². The van der Waals surface area contributed by atoms with E-state index in [9.17, 15) is 10.1 Å². The standard InChI is InChI=1S/C15H11N3O2/c16-9-15(6-7-15)13-3-1-2-11(18-13)10-4-5-12(14(19)20)17-8-10/h1-5,8H,6-7H2,(H,19,20). The molecule has 0 unspecified atom stereocenters. The van der Waals surface area contributed by atoms with Crippen molar-refractivity contribution in [3.05, 3.63) is 47.9 Å². The summed E-state index contributed by atoms with van der Waals surface area (Å²) in [6.07, 6.45) is 3.17. The van der Waals surface area contributed by atoms with Gasteiger partial charge in [0.25, 0.3) is 0 Å². The summed E-state index contributed by atoms with van der Waals surface area (Å²) in [4.78, 5) is 19.2. The van der Waals surface area contributed by atoms with E-state index in [-0.39, 0.29) is 5.69 Å². The summed E-state index contributed by atoms with van der Waals surface area (Å²) in [6, 6.07) is 11.0. The number of aromatic carboxylic acids is 1. The van der Waals surface area contributed by atoms with Crippen LogP contribution in [0.1, 0.15) is 29.0 Å². The van der Waals surface area contributed by atoms with Crippen molar-refractivity contribution in [3.8, 4) is 17.3 Å². The lowest BCUT2D eigenvalue weighted by molar-refractivity contribution is 0.0690. The van der Waals surface area contributed by atoms with Crippen LogP contribution in [0.3, 0.4) is 0 Å². The molecule has 20 heavy (non-hydrogen) atoms. The zero-order valence-corrected chi connectivity index (χ0v) is 10.6. The Morgan fingerprint density at radius 2 is 2.10 bits per heavy atom. The molecule has 3 rings (SSSR count). The molecule has 1 aliphatic rings. The van der Waals surface area contributed by atoms with Gasteiger partial charge in [0.15, 0.2) is 0 Å². The van der Waals surface area contributed by atoms with Gasteiger partial charge in [0.05, 0.1) is 22.9 Å². The Bertz CT molecular complexity index is 713. The smallest absolute Gasteiger partial charge is 0.354 e. The normalized spacial score (nSPS) is 15.3. The van der Waals surface area contributed by atoms with Crippen LogP contribution in [0.25, 0.3) is 11.3 Å². The molecule has 0 amide bonds. The molecule has 1 saturated carbocycles. The molecule has 0 radical (unpaired) electrons. The molecule has 5 heteroatoms. The van der Waals surface area contributed by atoms with Crippen LogP contribution in [0.15, 0.2) is 36.5 Å². The predicted molar refractivity (Wildman–Crippen MR) is 71.0 cm³/mol. The fourth-order valence-corrected chi connectivity index (χ4v) is 2.08. The molecule has 2 aromatic heterocycles. The molecule has 0 bridgehead atoms. The maximum atomic E-state index is 10.8. The van der Waals surface area contributed by atoms with Crippen LogP contribution >= 0.6 is 0 Å². The minimum absolute atomic E-state index is 0.000549. The van der Waals surface area contributed by atoms with Crippen LogP contribution in [-0.2, 0) is 5.41 Å². The lowest BCUT2D eigenvalue weighted by Gasteiger charge is -2.07. The van der Waals surface area contributed by atoms with Gasteiger partial charge in [0.2, 0.25) is 0 Å². The molecule has 1 N–H and O–H groups in total. The second kappa shape index (κ2) is 4.42. The van der Waals surface area contributed by atoms with E-state index in [2.05, 4.69) is 16.0 Å². The van der Waals surface area contributed by atoms with Gasteiger partial charge in [-0.15, -0.1) is 0 Å². The number of aromatic nitrogens is 2. The minimum atomic E-state index is -1.06. The number of carboxylic acid groups (broad SMARTS) is 1. The largest absolute Gasteiger partial charge is 0.477 e. The third-order valence-corrected chi connectivity index (χ3v) is 3.48. The quantitative estimate of drug-likeness (QED) is 0.920. The highest BCUT2D eigenvalue weighted by Gasteiger charge is 2.46. The molecule has 0 aromatic carbocycles. The Morgan fingerprint density at radius 3 is 2.65 bits per heavy atom. The predicted octanol–water partition coefficient (Wildman–Crippen LogP) is 2.40. The van der Waals surface area contributed by atoms with E-state index in [0.29, 0.717) is 5.69 Å². The first-order valence-electron chi connectivity index (χ1n) is 6.23. The van der Waals surface area contributed by atoms with Gasteiger partial charge in [-0.25, -0.2) is 9.78 Å². The number of rotatable bonds is 3.